The van der Waals surface area contributed by atoms with Crippen LogP contribution in [-0.4, -0.2) is 0 Å². The maximum absolute atomic E-state index is 2.43. The zero-order valence-electron chi connectivity index (χ0n) is 7.60. The van der Waals surface area contributed by atoms with E-state index in [0.717, 1.165) is 0 Å². The van der Waals surface area contributed by atoms with E-state index < -0.39 is 0 Å². The Balaban J connectivity index is 2.09. The minimum atomic E-state index is 1.29. The number of hydrogen-bond acceptors (Lipinski definition) is 0. The summed E-state index contributed by atoms with van der Waals surface area (Å²) in [6.07, 6.45) is 14.3. The number of unbranched alkanes of at least 4 members (excludes halogenated alkanes) is 2. The molecule has 1 aliphatic carbocycles. The van der Waals surface area contributed by atoms with Crippen molar-refractivity contribution >= 4 is 0 Å². The molecule has 0 N–H and O–H groups in total. The van der Waals surface area contributed by atoms with Crippen molar-refractivity contribution in [1.29, 1.82) is 0 Å². The lowest BCUT2D eigenvalue weighted by Crippen LogP contribution is -1.92. The minimum Gasteiger partial charge on any atom is -0.0850 e. The van der Waals surface area contributed by atoms with Crippen LogP contribution in [0.5, 0.6) is 0 Å². The summed E-state index contributed by atoms with van der Waals surface area (Å²) in [7, 11) is 0. The summed E-state index contributed by atoms with van der Waals surface area (Å²) < 4.78 is 0. The summed E-state index contributed by atoms with van der Waals surface area (Å²) >= 11 is 0. The van der Waals surface area contributed by atoms with Crippen LogP contribution >= 0.6 is 0 Å². The Labute approximate surface area is 70.7 Å². The fraction of sp³-hybridized carbons (Fsp3) is 0.727. The van der Waals surface area contributed by atoms with Gasteiger partial charge in [-0.15, -0.1) is 0 Å². The summed E-state index contributed by atoms with van der Waals surface area (Å²) in [4.78, 5) is 0. The van der Waals surface area contributed by atoms with Gasteiger partial charge in [0.25, 0.3) is 0 Å². The average Bonchev–Trinajstić information content (AvgIpc) is 2.07. The van der Waals surface area contributed by atoms with Crippen LogP contribution in [0.2, 0.25) is 0 Å². The van der Waals surface area contributed by atoms with Gasteiger partial charge in [0.2, 0.25) is 0 Å². The Hall–Kier alpha value is -0.260. The monoisotopic (exact) mass is 151 g/mol. The topological polar surface area (TPSA) is 0 Å². The lowest BCUT2D eigenvalue weighted by molar-refractivity contribution is 0.689. The summed E-state index contributed by atoms with van der Waals surface area (Å²) in [6.45, 7) is 2.25. The molecule has 0 heteroatoms. The summed E-state index contributed by atoms with van der Waals surface area (Å²) in [6, 6.07) is 0. The van der Waals surface area contributed by atoms with Gasteiger partial charge in [-0.2, -0.15) is 0 Å². The van der Waals surface area contributed by atoms with Crippen LogP contribution in [0.4, 0.5) is 0 Å². The van der Waals surface area contributed by atoms with Crippen LogP contribution < -0.4 is 0 Å². The van der Waals surface area contributed by atoms with Crippen LogP contribution in [0, 0.1) is 6.42 Å². The zero-order chi connectivity index (χ0) is 7.94. The Morgan fingerprint density at radius 2 is 2.36 bits per heavy atom. The van der Waals surface area contributed by atoms with Crippen molar-refractivity contribution in [3.63, 3.8) is 0 Å². The molecule has 0 aromatic carbocycles. The number of allylic oxidation sites excluding steroid dienone is 2. The highest BCUT2D eigenvalue weighted by atomic mass is 14.1. The molecule has 1 radical (unpaired) electrons. The van der Waals surface area contributed by atoms with Gasteiger partial charge in [-0.3, -0.25) is 0 Å². The van der Waals surface area contributed by atoms with Crippen LogP contribution in [0.15, 0.2) is 11.6 Å². The second-order valence-corrected chi connectivity index (χ2v) is 3.37. The van der Waals surface area contributed by atoms with Gasteiger partial charge in [-0.25, -0.2) is 0 Å². The molecule has 0 saturated carbocycles. The van der Waals surface area contributed by atoms with E-state index in [9.17, 15) is 0 Å². The first-order chi connectivity index (χ1) is 5.43. The van der Waals surface area contributed by atoms with Crippen LogP contribution in [0.25, 0.3) is 0 Å². The smallest absolute Gasteiger partial charge is 0.0138 e. The lowest BCUT2D eigenvalue weighted by Gasteiger charge is -2.11. The van der Waals surface area contributed by atoms with E-state index in [0.29, 0.717) is 0 Å². The van der Waals surface area contributed by atoms with Gasteiger partial charge in [-0.1, -0.05) is 31.4 Å². The first-order valence-electron chi connectivity index (χ1n) is 4.95. The quantitative estimate of drug-likeness (QED) is 0.535. The third-order valence-electron chi connectivity index (χ3n) is 2.29. The molecule has 0 nitrogen and oxygen atoms in total. The Kier molecular flexibility index (Phi) is 4.33. The van der Waals surface area contributed by atoms with E-state index in [1.165, 1.54) is 44.9 Å². The Bertz CT molecular complexity index is 122. The van der Waals surface area contributed by atoms with Crippen molar-refractivity contribution in [2.45, 2.75) is 51.9 Å². The average molecular weight is 151 g/mol. The van der Waals surface area contributed by atoms with Crippen molar-refractivity contribution < 1.29 is 0 Å². The molecule has 0 saturated heterocycles. The van der Waals surface area contributed by atoms with Gasteiger partial charge in [-0.05, 0) is 38.5 Å². The molecule has 1 rings (SSSR count). The molecule has 1 aliphatic rings. The Morgan fingerprint density at radius 1 is 1.45 bits per heavy atom. The minimum absolute atomic E-state index is 1.29. The maximum Gasteiger partial charge on any atom is -0.0138 e. The van der Waals surface area contributed by atoms with Gasteiger partial charge >= 0.3 is 0 Å². The van der Waals surface area contributed by atoms with Crippen molar-refractivity contribution in [3.05, 3.63) is 18.1 Å². The highest BCUT2D eigenvalue weighted by molar-refractivity contribution is 5.14. The second kappa shape index (κ2) is 5.40. The highest BCUT2D eigenvalue weighted by Crippen LogP contribution is 2.21. The highest BCUT2D eigenvalue weighted by Gasteiger charge is 2.02. The molecule has 0 bridgehead atoms. The number of hydrogen-bond donors (Lipinski definition) is 0. The van der Waals surface area contributed by atoms with Crippen molar-refractivity contribution in [2.24, 2.45) is 0 Å². The van der Waals surface area contributed by atoms with Crippen LogP contribution in [-0.2, 0) is 0 Å². The predicted octanol–water partition coefficient (Wildman–Crippen LogP) is 3.88. The Morgan fingerprint density at radius 3 is 3.00 bits per heavy atom. The van der Waals surface area contributed by atoms with Gasteiger partial charge in [0, 0.05) is 0 Å². The maximum atomic E-state index is 2.43. The van der Waals surface area contributed by atoms with E-state index in [1.807, 2.05) is 0 Å². The molecule has 0 fully saturated rings. The van der Waals surface area contributed by atoms with Crippen molar-refractivity contribution in [3.8, 4) is 0 Å². The normalized spacial score (nSPS) is 18.1. The summed E-state index contributed by atoms with van der Waals surface area (Å²) in [5, 5.41) is 0. The van der Waals surface area contributed by atoms with Crippen LogP contribution in [0.1, 0.15) is 51.9 Å². The molecular formula is C11H19. The largest absolute Gasteiger partial charge is 0.0850 e. The SMILES string of the molecule is CCCC[CH]C1=CCCCC1. The molecule has 0 aromatic heterocycles. The molecule has 0 heterocycles. The van der Waals surface area contributed by atoms with E-state index in [4.69, 9.17) is 0 Å². The van der Waals surface area contributed by atoms with E-state index in [1.54, 1.807) is 5.57 Å². The van der Waals surface area contributed by atoms with Crippen molar-refractivity contribution in [2.75, 3.05) is 0 Å². The molecule has 0 atom stereocenters. The lowest BCUT2D eigenvalue weighted by atomic mass is 9.95. The van der Waals surface area contributed by atoms with Crippen molar-refractivity contribution in [1.82, 2.24) is 0 Å². The van der Waals surface area contributed by atoms with Gasteiger partial charge in [0.15, 0.2) is 0 Å². The first kappa shape index (κ1) is 8.83. The predicted molar refractivity (Wildman–Crippen MR) is 50.4 cm³/mol. The van der Waals surface area contributed by atoms with Gasteiger partial charge in [0.05, 0.1) is 0 Å². The summed E-state index contributed by atoms with van der Waals surface area (Å²) in [5.74, 6) is 0. The molecule has 0 amide bonds. The third-order valence-corrected chi connectivity index (χ3v) is 2.29. The molecule has 0 unspecified atom stereocenters. The molecule has 0 spiro atoms. The van der Waals surface area contributed by atoms with E-state index in [2.05, 4.69) is 19.4 Å². The molecule has 63 valence electrons. The summed E-state index contributed by atoms with van der Waals surface area (Å²) in [5.41, 5.74) is 1.62. The fourth-order valence-corrected chi connectivity index (χ4v) is 1.54. The molecular weight excluding hydrogens is 132 g/mol. The van der Waals surface area contributed by atoms with Crippen LogP contribution in [0.3, 0.4) is 0 Å². The zero-order valence-corrected chi connectivity index (χ0v) is 7.60. The van der Waals surface area contributed by atoms with E-state index >= 15 is 0 Å². The standard InChI is InChI=1S/C11H19/c1-2-3-5-8-11-9-6-4-7-10-11/h8-9H,2-7,10H2,1H3. The molecule has 11 heavy (non-hydrogen) atoms. The van der Waals surface area contributed by atoms with E-state index in [-0.39, 0.29) is 0 Å². The fourth-order valence-electron chi connectivity index (χ4n) is 1.54. The number of rotatable bonds is 4. The molecule has 0 aliphatic heterocycles. The molecule has 0 aromatic rings. The van der Waals surface area contributed by atoms with Gasteiger partial charge in [0.1, 0.15) is 0 Å². The van der Waals surface area contributed by atoms with Gasteiger partial charge < -0.3 is 0 Å². The third kappa shape index (κ3) is 3.60. The second-order valence-electron chi connectivity index (χ2n) is 3.37. The first-order valence-corrected chi connectivity index (χ1v) is 4.95.